The van der Waals surface area contributed by atoms with Gasteiger partial charge < -0.3 is 5.32 Å². The molecule has 92 valence electrons. The molecule has 0 atom stereocenters. The Balaban J connectivity index is 1.80. The fourth-order valence-corrected chi connectivity index (χ4v) is 2.64. The van der Waals surface area contributed by atoms with Crippen LogP contribution < -0.4 is 5.32 Å². The molecule has 0 unspecified atom stereocenters. The van der Waals surface area contributed by atoms with Crippen molar-refractivity contribution >= 4 is 28.8 Å². The SMILES string of the molecule is O=C(NC1(c2ccc(Cl)cc2)CC1)c1cscn1. The van der Waals surface area contributed by atoms with Crippen LogP contribution in [0.25, 0.3) is 0 Å². The molecule has 1 aliphatic rings. The largest absolute Gasteiger partial charge is 0.341 e. The minimum atomic E-state index is -0.217. The molecule has 3 nitrogen and oxygen atoms in total. The molecule has 1 N–H and O–H groups in total. The number of carbonyl (C=O) groups is 1. The monoisotopic (exact) mass is 278 g/mol. The Kier molecular flexibility index (Phi) is 2.84. The van der Waals surface area contributed by atoms with Crippen molar-refractivity contribution in [1.29, 1.82) is 0 Å². The van der Waals surface area contributed by atoms with E-state index in [2.05, 4.69) is 10.3 Å². The molecule has 1 heterocycles. The first kappa shape index (κ1) is 11.7. The Morgan fingerprint density at radius 3 is 2.61 bits per heavy atom. The Labute approximate surface area is 114 Å². The van der Waals surface area contributed by atoms with Gasteiger partial charge in [-0.05, 0) is 30.5 Å². The minimum absolute atomic E-state index is 0.108. The molecule has 1 amide bonds. The molecule has 2 aromatic rings. The summed E-state index contributed by atoms with van der Waals surface area (Å²) in [6.07, 6.45) is 1.93. The van der Waals surface area contributed by atoms with Crippen LogP contribution in [0.2, 0.25) is 5.02 Å². The van der Waals surface area contributed by atoms with Gasteiger partial charge in [0, 0.05) is 10.4 Å². The zero-order chi connectivity index (χ0) is 12.6. The highest BCUT2D eigenvalue weighted by Crippen LogP contribution is 2.45. The second-order valence-corrected chi connectivity index (χ2v) is 5.57. The minimum Gasteiger partial charge on any atom is -0.341 e. The van der Waals surface area contributed by atoms with Crippen LogP contribution in [0.1, 0.15) is 28.9 Å². The number of hydrogen-bond donors (Lipinski definition) is 1. The summed E-state index contributed by atoms with van der Waals surface area (Å²) in [4.78, 5) is 16.0. The summed E-state index contributed by atoms with van der Waals surface area (Å²) in [5, 5.41) is 5.53. The van der Waals surface area contributed by atoms with E-state index in [1.54, 1.807) is 10.9 Å². The number of nitrogens with zero attached hydrogens (tertiary/aromatic N) is 1. The van der Waals surface area contributed by atoms with Crippen LogP contribution in [0.4, 0.5) is 0 Å². The lowest BCUT2D eigenvalue weighted by Crippen LogP contribution is -2.34. The Morgan fingerprint density at radius 2 is 2.06 bits per heavy atom. The van der Waals surface area contributed by atoms with Crippen molar-refractivity contribution in [1.82, 2.24) is 10.3 Å². The Morgan fingerprint density at radius 1 is 1.33 bits per heavy atom. The smallest absolute Gasteiger partial charge is 0.271 e. The number of carbonyl (C=O) groups excluding carboxylic acids is 1. The molecule has 0 spiro atoms. The normalized spacial score (nSPS) is 16.3. The van der Waals surface area contributed by atoms with Crippen molar-refractivity contribution in [2.45, 2.75) is 18.4 Å². The fraction of sp³-hybridized carbons (Fsp3) is 0.231. The van der Waals surface area contributed by atoms with Gasteiger partial charge in [-0.3, -0.25) is 4.79 Å². The second-order valence-electron chi connectivity index (χ2n) is 4.42. The molecule has 5 heteroatoms. The quantitative estimate of drug-likeness (QED) is 0.937. The summed E-state index contributed by atoms with van der Waals surface area (Å²) in [6.45, 7) is 0. The van der Waals surface area contributed by atoms with E-state index in [1.165, 1.54) is 11.3 Å². The molecule has 0 saturated heterocycles. The number of rotatable bonds is 3. The highest BCUT2D eigenvalue weighted by Gasteiger charge is 2.45. The Hall–Kier alpha value is -1.39. The third-order valence-electron chi connectivity index (χ3n) is 3.16. The number of halogens is 1. The van der Waals surface area contributed by atoms with E-state index in [9.17, 15) is 4.79 Å². The van der Waals surface area contributed by atoms with Gasteiger partial charge in [-0.25, -0.2) is 4.98 Å². The number of nitrogens with one attached hydrogen (secondary N) is 1. The number of hydrogen-bond acceptors (Lipinski definition) is 3. The maximum Gasteiger partial charge on any atom is 0.271 e. The first-order valence-corrected chi connectivity index (χ1v) is 6.98. The molecular formula is C13H11ClN2OS. The summed E-state index contributed by atoms with van der Waals surface area (Å²) in [6, 6.07) is 7.64. The number of benzene rings is 1. The van der Waals surface area contributed by atoms with Gasteiger partial charge in [-0.1, -0.05) is 23.7 Å². The van der Waals surface area contributed by atoms with Gasteiger partial charge in [0.2, 0.25) is 0 Å². The van der Waals surface area contributed by atoms with Crippen molar-refractivity contribution in [3.8, 4) is 0 Å². The molecule has 18 heavy (non-hydrogen) atoms. The molecule has 0 aliphatic heterocycles. The van der Waals surface area contributed by atoms with Gasteiger partial charge in [0.1, 0.15) is 5.69 Å². The van der Waals surface area contributed by atoms with Gasteiger partial charge in [0.15, 0.2) is 0 Å². The van der Waals surface area contributed by atoms with Crippen LogP contribution in [0.3, 0.4) is 0 Å². The lowest BCUT2D eigenvalue weighted by molar-refractivity contribution is 0.0926. The summed E-state index contributed by atoms with van der Waals surface area (Å²) < 4.78 is 0. The maximum atomic E-state index is 12.0. The van der Waals surface area contributed by atoms with Gasteiger partial charge in [-0.15, -0.1) is 11.3 Å². The summed E-state index contributed by atoms with van der Waals surface area (Å²) in [5.41, 5.74) is 3.04. The lowest BCUT2D eigenvalue weighted by Gasteiger charge is -2.17. The van der Waals surface area contributed by atoms with Gasteiger partial charge in [-0.2, -0.15) is 0 Å². The standard InChI is InChI=1S/C13H11ClN2OS/c14-10-3-1-9(2-4-10)13(5-6-13)16-12(17)11-7-18-8-15-11/h1-4,7-8H,5-6H2,(H,16,17). The van der Waals surface area contributed by atoms with E-state index in [4.69, 9.17) is 11.6 Å². The predicted molar refractivity (Wildman–Crippen MR) is 71.9 cm³/mol. The zero-order valence-electron chi connectivity index (χ0n) is 9.52. The third-order valence-corrected chi connectivity index (χ3v) is 4.00. The van der Waals surface area contributed by atoms with E-state index in [0.717, 1.165) is 18.4 Å². The molecular weight excluding hydrogens is 268 g/mol. The van der Waals surface area contributed by atoms with Gasteiger partial charge in [0.05, 0.1) is 11.0 Å². The maximum absolute atomic E-state index is 12.0. The molecule has 1 aliphatic carbocycles. The van der Waals surface area contributed by atoms with Crippen molar-refractivity contribution in [2.75, 3.05) is 0 Å². The van der Waals surface area contributed by atoms with Crippen LogP contribution in [0.5, 0.6) is 0 Å². The fourth-order valence-electron chi connectivity index (χ4n) is 1.99. The molecule has 0 bridgehead atoms. The molecule has 1 fully saturated rings. The predicted octanol–water partition coefficient (Wildman–Crippen LogP) is 3.22. The summed E-state index contributed by atoms with van der Waals surface area (Å²) in [7, 11) is 0. The average molecular weight is 279 g/mol. The number of thiazole rings is 1. The van der Waals surface area contributed by atoms with Crippen molar-refractivity contribution in [3.05, 3.63) is 51.4 Å². The van der Waals surface area contributed by atoms with E-state index in [-0.39, 0.29) is 11.4 Å². The zero-order valence-corrected chi connectivity index (χ0v) is 11.1. The van der Waals surface area contributed by atoms with E-state index >= 15 is 0 Å². The van der Waals surface area contributed by atoms with Crippen LogP contribution in [0, 0.1) is 0 Å². The molecule has 1 aromatic heterocycles. The third kappa shape index (κ3) is 2.13. The summed E-state index contributed by atoms with van der Waals surface area (Å²) in [5.74, 6) is -0.108. The van der Waals surface area contributed by atoms with Crippen LogP contribution >= 0.6 is 22.9 Å². The van der Waals surface area contributed by atoms with Crippen LogP contribution in [0.15, 0.2) is 35.2 Å². The van der Waals surface area contributed by atoms with Crippen molar-refractivity contribution < 1.29 is 4.79 Å². The van der Waals surface area contributed by atoms with E-state index in [0.29, 0.717) is 10.7 Å². The van der Waals surface area contributed by atoms with Crippen molar-refractivity contribution in [2.24, 2.45) is 0 Å². The highest BCUT2D eigenvalue weighted by atomic mass is 35.5. The lowest BCUT2D eigenvalue weighted by atomic mass is 10.0. The summed E-state index contributed by atoms with van der Waals surface area (Å²) >= 11 is 7.30. The average Bonchev–Trinajstić information content (AvgIpc) is 2.94. The van der Waals surface area contributed by atoms with Gasteiger partial charge in [0.25, 0.3) is 5.91 Å². The Bertz CT molecular complexity index is 561. The van der Waals surface area contributed by atoms with Gasteiger partial charge >= 0.3 is 0 Å². The van der Waals surface area contributed by atoms with Crippen LogP contribution in [-0.2, 0) is 5.54 Å². The molecule has 1 aromatic carbocycles. The topological polar surface area (TPSA) is 42.0 Å². The first-order chi connectivity index (χ1) is 8.70. The highest BCUT2D eigenvalue weighted by molar-refractivity contribution is 7.07. The van der Waals surface area contributed by atoms with Crippen molar-refractivity contribution in [3.63, 3.8) is 0 Å². The molecule has 0 radical (unpaired) electrons. The molecule has 3 rings (SSSR count). The number of aromatic nitrogens is 1. The van der Waals surface area contributed by atoms with Crippen LogP contribution in [-0.4, -0.2) is 10.9 Å². The number of amides is 1. The second kappa shape index (κ2) is 4.37. The first-order valence-electron chi connectivity index (χ1n) is 5.66. The van der Waals surface area contributed by atoms with E-state index < -0.39 is 0 Å². The van der Waals surface area contributed by atoms with E-state index in [1.807, 2.05) is 24.3 Å². The molecule has 1 saturated carbocycles.